The molecule has 8 heteroatoms. The van der Waals surface area contributed by atoms with Crippen LogP contribution in [0.4, 0.5) is 17.6 Å². The van der Waals surface area contributed by atoms with Gasteiger partial charge in [-0.15, -0.1) is 0 Å². The van der Waals surface area contributed by atoms with E-state index in [2.05, 4.69) is 9.88 Å². The van der Waals surface area contributed by atoms with Gasteiger partial charge in [0.2, 0.25) is 0 Å². The molecule has 4 nitrogen and oxygen atoms in total. The zero-order chi connectivity index (χ0) is 25.9. The smallest absolute Gasteiger partial charge is 0.336 e. The predicted octanol–water partition coefficient (Wildman–Crippen LogP) is 6.01. The van der Waals surface area contributed by atoms with Gasteiger partial charge < -0.3 is 4.90 Å². The Morgan fingerprint density at radius 3 is 2.39 bits per heavy atom. The van der Waals surface area contributed by atoms with Crippen molar-refractivity contribution in [3.63, 3.8) is 0 Å². The lowest BCUT2D eigenvalue weighted by atomic mass is 9.87. The first-order valence-corrected chi connectivity index (χ1v) is 12.0. The summed E-state index contributed by atoms with van der Waals surface area (Å²) in [5.74, 6) is -0.909. The largest absolute Gasteiger partial charge is 0.416 e. The number of rotatable bonds is 7. The van der Waals surface area contributed by atoms with Crippen LogP contribution in [-0.4, -0.2) is 46.4 Å². The minimum atomic E-state index is -4.43. The number of hydrogen-bond acceptors (Lipinski definition) is 3. The van der Waals surface area contributed by atoms with Crippen LogP contribution < -0.4 is 0 Å². The zero-order valence-electron chi connectivity index (χ0n) is 20.3. The predicted molar refractivity (Wildman–Crippen MR) is 130 cm³/mol. The number of likely N-dealkylation sites (tertiary alicyclic amines) is 1. The molecule has 36 heavy (non-hydrogen) atoms. The van der Waals surface area contributed by atoms with Gasteiger partial charge in [0.15, 0.2) is 0 Å². The highest BCUT2D eigenvalue weighted by Gasteiger charge is 2.38. The fourth-order valence-corrected chi connectivity index (χ4v) is 4.88. The Labute approximate surface area is 208 Å². The van der Waals surface area contributed by atoms with Crippen molar-refractivity contribution in [2.75, 3.05) is 19.6 Å². The Balaban J connectivity index is 1.62. The van der Waals surface area contributed by atoms with E-state index in [0.717, 1.165) is 11.6 Å². The number of aromatic nitrogens is 1. The molecule has 0 aliphatic carbocycles. The number of nitrogens with zero attached hydrogens (tertiary/aromatic N) is 3. The van der Waals surface area contributed by atoms with E-state index < -0.39 is 17.6 Å². The molecule has 0 saturated carbocycles. The molecule has 2 atom stereocenters. The molecule has 1 fully saturated rings. The molecular formula is C28H29F4N3O. The third-order valence-electron chi connectivity index (χ3n) is 6.72. The first-order chi connectivity index (χ1) is 17.1. The normalized spacial score (nSPS) is 18.5. The van der Waals surface area contributed by atoms with Gasteiger partial charge in [-0.05, 0) is 73.4 Å². The summed E-state index contributed by atoms with van der Waals surface area (Å²) in [6.45, 7) is 6.03. The number of pyridine rings is 1. The zero-order valence-corrected chi connectivity index (χ0v) is 20.3. The molecule has 1 aromatic heterocycles. The van der Waals surface area contributed by atoms with Crippen LogP contribution in [0.25, 0.3) is 0 Å². The molecular weight excluding hydrogens is 470 g/mol. The van der Waals surface area contributed by atoms with E-state index in [1.807, 2.05) is 26.0 Å². The summed E-state index contributed by atoms with van der Waals surface area (Å²) in [6, 6.07) is 14.6. The maximum absolute atomic E-state index is 13.5. The summed E-state index contributed by atoms with van der Waals surface area (Å²) >= 11 is 0. The highest BCUT2D eigenvalue weighted by molar-refractivity contribution is 5.94. The van der Waals surface area contributed by atoms with Gasteiger partial charge in [0, 0.05) is 56.1 Å². The topological polar surface area (TPSA) is 36.4 Å². The number of carbonyl (C=O) groups is 1. The minimum absolute atomic E-state index is 0.0814. The number of carbonyl (C=O) groups excluding carboxylic acids is 1. The van der Waals surface area contributed by atoms with Crippen LogP contribution in [0, 0.1) is 11.7 Å². The van der Waals surface area contributed by atoms with E-state index in [1.54, 1.807) is 23.4 Å². The summed E-state index contributed by atoms with van der Waals surface area (Å²) in [5, 5.41) is 0. The Kier molecular flexibility index (Phi) is 7.73. The van der Waals surface area contributed by atoms with Gasteiger partial charge in [-0.1, -0.05) is 18.2 Å². The van der Waals surface area contributed by atoms with Crippen LogP contribution in [0.15, 0.2) is 73.1 Å². The van der Waals surface area contributed by atoms with Crippen molar-refractivity contribution in [1.29, 1.82) is 0 Å². The highest BCUT2D eigenvalue weighted by Crippen LogP contribution is 2.37. The van der Waals surface area contributed by atoms with Gasteiger partial charge in [0.1, 0.15) is 5.82 Å². The van der Waals surface area contributed by atoms with E-state index in [1.165, 1.54) is 36.4 Å². The number of benzene rings is 2. The molecule has 1 aliphatic rings. The fourth-order valence-electron chi connectivity index (χ4n) is 4.88. The first kappa shape index (κ1) is 25.8. The van der Waals surface area contributed by atoms with E-state index in [-0.39, 0.29) is 23.8 Å². The molecule has 0 radical (unpaired) electrons. The number of hydrogen-bond donors (Lipinski definition) is 0. The van der Waals surface area contributed by atoms with Crippen molar-refractivity contribution in [1.82, 2.24) is 14.8 Å². The summed E-state index contributed by atoms with van der Waals surface area (Å²) in [6.07, 6.45) is -0.993. The molecule has 3 aromatic rings. The van der Waals surface area contributed by atoms with Crippen molar-refractivity contribution in [2.24, 2.45) is 5.92 Å². The maximum Gasteiger partial charge on any atom is 0.416 e. The van der Waals surface area contributed by atoms with Crippen molar-refractivity contribution in [2.45, 2.75) is 38.5 Å². The Bertz CT molecular complexity index is 1170. The maximum atomic E-state index is 13.5. The van der Waals surface area contributed by atoms with Gasteiger partial charge in [-0.3, -0.25) is 14.7 Å². The number of halogens is 4. The minimum Gasteiger partial charge on any atom is -0.336 e. The monoisotopic (exact) mass is 499 g/mol. The molecule has 2 aromatic carbocycles. The molecule has 0 bridgehead atoms. The Morgan fingerprint density at radius 1 is 1.06 bits per heavy atom. The lowest BCUT2D eigenvalue weighted by Crippen LogP contribution is -2.42. The van der Waals surface area contributed by atoms with E-state index in [9.17, 15) is 22.4 Å². The molecule has 0 N–H and O–H groups in total. The molecule has 2 heterocycles. The number of alkyl halides is 3. The van der Waals surface area contributed by atoms with Crippen molar-refractivity contribution < 1.29 is 22.4 Å². The van der Waals surface area contributed by atoms with Crippen LogP contribution in [0.1, 0.15) is 46.8 Å². The van der Waals surface area contributed by atoms with Crippen LogP contribution >= 0.6 is 0 Å². The lowest BCUT2D eigenvalue weighted by molar-refractivity contribution is -0.137. The van der Waals surface area contributed by atoms with Crippen LogP contribution in [0.3, 0.4) is 0 Å². The van der Waals surface area contributed by atoms with Crippen molar-refractivity contribution >= 4 is 5.91 Å². The first-order valence-electron chi connectivity index (χ1n) is 12.0. The van der Waals surface area contributed by atoms with Gasteiger partial charge in [-0.2, -0.15) is 13.2 Å². The van der Waals surface area contributed by atoms with E-state index >= 15 is 0 Å². The van der Waals surface area contributed by atoms with Gasteiger partial charge in [0.25, 0.3) is 5.91 Å². The molecule has 190 valence electrons. The third kappa shape index (κ3) is 6.10. The Morgan fingerprint density at radius 2 is 1.75 bits per heavy atom. The molecule has 1 amide bonds. The van der Waals surface area contributed by atoms with Gasteiger partial charge in [0.05, 0.1) is 5.56 Å². The van der Waals surface area contributed by atoms with Crippen LogP contribution in [0.5, 0.6) is 0 Å². The molecule has 1 aliphatic heterocycles. The van der Waals surface area contributed by atoms with Gasteiger partial charge in [-0.25, -0.2) is 4.39 Å². The standard InChI is InChI=1S/C28H29F4N3O/c1-19(2)35(27(36)21-6-8-25(29)9-7-21)17-23-16-34(15-20-10-12-33-13-11-20)18-26(23)22-4-3-5-24(14-22)28(30,31)32/h3-14,19,23,26H,15-18H2,1-2H3. The average molecular weight is 500 g/mol. The number of amides is 1. The average Bonchev–Trinajstić information content (AvgIpc) is 3.25. The van der Waals surface area contributed by atoms with Crippen LogP contribution in [0.2, 0.25) is 0 Å². The molecule has 2 unspecified atom stereocenters. The Hall–Kier alpha value is -3.26. The summed E-state index contributed by atoms with van der Waals surface area (Å²) in [4.78, 5) is 21.3. The molecule has 1 saturated heterocycles. The molecule has 4 rings (SSSR count). The molecule has 0 spiro atoms. The second-order valence-corrected chi connectivity index (χ2v) is 9.60. The van der Waals surface area contributed by atoms with Gasteiger partial charge >= 0.3 is 6.18 Å². The second-order valence-electron chi connectivity index (χ2n) is 9.60. The summed E-state index contributed by atoms with van der Waals surface area (Å²) in [5.41, 5.74) is 1.39. The quantitative estimate of drug-likeness (QED) is 0.374. The van der Waals surface area contributed by atoms with Crippen molar-refractivity contribution in [3.05, 3.63) is 101 Å². The van der Waals surface area contributed by atoms with E-state index in [0.29, 0.717) is 37.3 Å². The fraction of sp³-hybridized carbons (Fsp3) is 0.357. The SMILES string of the molecule is CC(C)N(CC1CN(Cc2ccncc2)CC1c1cccc(C(F)(F)F)c1)C(=O)c1ccc(F)cc1. The highest BCUT2D eigenvalue weighted by atomic mass is 19.4. The van der Waals surface area contributed by atoms with Crippen molar-refractivity contribution in [3.8, 4) is 0 Å². The third-order valence-corrected chi connectivity index (χ3v) is 6.72. The summed E-state index contributed by atoms with van der Waals surface area (Å²) in [7, 11) is 0. The van der Waals surface area contributed by atoms with E-state index in [4.69, 9.17) is 0 Å². The van der Waals surface area contributed by atoms with Crippen LogP contribution in [-0.2, 0) is 12.7 Å². The summed E-state index contributed by atoms with van der Waals surface area (Å²) < 4.78 is 53.8. The lowest BCUT2D eigenvalue weighted by Gasteiger charge is -2.32. The second kappa shape index (κ2) is 10.8.